The number of aromatic nitrogens is 1. The fourth-order valence-corrected chi connectivity index (χ4v) is 5.22. The number of nitro benzene ring substituents is 1. The third-order valence-corrected chi connectivity index (χ3v) is 7.04. The standard InChI is InChI=1S/C29H21N3O3S/c1-31-26(22-18-16-21(17-19-22)20-10-4-2-5-11-20)27(23-12-6-3-7-13-23)36-29(31)30-28(33)24-14-8-9-15-25(24)32(34)35/h2-19H,1H3. The molecule has 5 aromatic rings. The Morgan fingerprint density at radius 3 is 1.92 bits per heavy atom. The maximum absolute atomic E-state index is 13.0. The molecule has 1 heterocycles. The fourth-order valence-electron chi connectivity index (χ4n) is 4.08. The minimum atomic E-state index is -0.648. The summed E-state index contributed by atoms with van der Waals surface area (Å²) in [6.45, 7) is 0. The topological polar surface area (TPSA) is 77.5 Å². The van der Waals surface area contributed by atoms with Crippen LogP contribution in [0, 0.1) is 10.1 Å². The predicted octanol–water partition coefficient (Wildman–Crippen LogP) is 6.74. The van der Waals surface area contributed by atoms with E-state index in [1.54, 1.807) is 6.07 Å². The van der Waals surface area contributed by atoms with Gasteiger partial charge in [-0.3, -0.25) is 14.9 Å². The first kappa shape index (κ1) is 23.1. The third-order valence-electron chi connectivity index (χ3n) is 5.86. The predicted molar refractivity (Wildman–Crippen MR) is 143 cm³/mol. The molecule has 6 nitrogen and oxygen atoms in total. The van der Waals surface area contributed by atoms with Crippen molar-refractivity contribution >= 4 is 22.9 Å². The summed E-state index contributed by atoms with van der Waals surface area (Å²) >= 11 is 1.38. The van der Waals surface area contributed by atoms with Crippen LogP contribution >= 0.6 is 11.3 Å². The quantitative estimate of drug-likeness (QED) is 0.202. The molecule has 0 spiro atoms. The highest BCUT2D eigenvalue weighted by Gasteiger charge is 2.20. The van der Waals surface area contributed by atoms with Crippen LogP contribution in [0.15, 0.2) is 114 Å². The number of benzene rings is 4. The summed E-state index contributed by atoms with van der Waals surface area (Å²) in [5.41, 5.74) is 4.84. The molecular formula is C29H21N3O3S. The zero-order valence-electron chi connectivity index (χ0n) is 19.4. The zero-order valence-corrected chi connectivity index (χ0v) is 20.2. The van der Waals surface area contributed by atoms with Gasteiger partial charge in [-0.1, -0.05) is 108 Å². The summed E-state index contributed by atoms with van der Waals surface area (Å²) in [5, 5.41) is 11.4. The van der Waals surface area contributed by atoms with Crippen LogP contribution in [-0.4, -0.2) is 15.4 Å². The van der Waals surface area contributed by atoms with Crippen LogP contribution in [0.3, 0.4) is 0 Å². The van der Waals surface area contributed by atoms with Crippen LogP contribution in [0.1, 0.15) is 10.4 Å². The zero-order chi connectivity index (χ0) is 25.1. The molecule has 0 atom stereocenters. The van der Waals surface area contributed by atoms with Crippen LogP contribution in [-0.2, 0) is 7.05 Å². The summed E-state index contributed by atoms with van der Waals surface area (Å²) in [7, 11) is 1.86. The molecule has 0 bridgehead atoms. The molecule has 4 aromatic carbocycles. The number of carbonyl (C=O) groups excluding carboxylic acids is 1. The van der Waals surface area contributed by atoms with Crippen molar-refractivity contribution in [3.8, 4) is 32.8 Å². The summed E-state index contributed by atoms with van der Waals surface area (Å²) in [6, 6.07) is 34.2. The molecule has 1 aromatic heterocycles. The maximum Gasteiger partial charge on any atom is 0.286 e. The van der Waals surface area contributed by atoms with E-state index in [0.717, 1.165) is 32.8 Å². The van der Waals surface area contributed by atoms with Gasteiger partial charge in [-0.2, -0.15) is 4.99 Å². The van der Waals surface area contributed by atoms with Gasteiger partial charge in [0, 0.05) is 13.1 Å². The van der Waals surface area contributed by atoms with Crippen LogP contribution in [0.4, 0.5) is 5.69 Å². The number of carbonyl (C=O) groups is 1. The lowest BCUT2D eigenvalue weighted by Gasteiger charge is -2.09. The molecule has 0 aliphatic carbocycles. The van der Waals surface area contributed by atoms with Gasteiger partial charge in [0.25, 0.3) is 11.6 Å². The van der Waals surface area contributed by atoms with E-state index < -0.39 is 10.8 Å². The van der Waals surface area contributed by atoms with E-state index in [9.17, 15) is 14.9 Å². The summed E-state index contributed by atoms with van der Waals surface area (Å²) < 4.78 is 1.87. The molecule has 0 aliphatic rings. The third kappa shape index (κ3) is 4.52. The Morgan fingerprint density at radius 1 is 0.750 bits per heavy atom. The number of amides is 1. The van der Waals surface area contributed by atoms with Crippen LogP contribution in [0.5, 0.6) is 0 Å². The number of rotatable bonds is 5. The highest BCUT2D eigenvalue weighted by molar-refractivity contribution is 7.13. The van der Waals surface area contributed by atoms with Crippen molar-refractivity contribution in [2.24, 2.45) is 12.0 Å². The van der Waals surface area contributed by atoms with Crippen molar-refractivity contribution in [3.05, 3.63) is 130 Å². The number of para-hydroxylation sites is 1. The van der Waals surface area contributed by atoms with Gasteiger partial charge in [-0.25, -0.2) is 0 Å². The van der Waals surface area contributed by atoms with Crippen LogP contribution < -0.4 is 4.80 Å². The van der Waals surface area contributed by atoms with E-state index in [1.165, 1.54) is 29.5 Å². The number of nitro groups is 1. The lowest BCUT2D eigenvalue weighted by atomic mass is 10.0. The van der Waals surface area contributed by atoms with Crippen molar-refractivity contribution in [3.63, 3.8) is 0 Å². The highest BCUT2D eigenvalue weighted by atomic mass is 32.1. The largest absolute Gasteiger partial charge is 0.319 e. The van der Waals surface area contributed by atoms with Crippen molar-refractivity contribution < 1.29 is 9.72 Å². The molecule has 36 heavy (non-hydrogen) atoms. The van der Waals surface area contributed by atoms with E-state index in [1.807, 2.05) is 60.1 Å². The Bertz CT molecular complexity index is 1620. The van der Waals surface area contributed by atoms with Gasteiger partial charge < -0.3 is 4.57 Å². The van der Waals surface area contributed by atoms with Crippen LogP contribution in [0.2, 0.25) is 0 Å². The monoisotopic (exact) mass is 491 g/mol. The first-order chi connectivity index (χ1) is 17.5. The Balaban J connectivity index is 1.64. The fraction of sp³-hybridized carbons (Fsp3) is 0.0345. The minimum absolute atomic E-state index is 0.0362. The second-order valence-electron chi connectivity index (χ2n) is 8.12. The SMILES string of the molecule is Cn1c(-c2ccc(-c3ccccc3)cc2)c(-c2ccccc2)sc1=NC(=O)c1ccccc1[N+](=O)[O-]. The molecule has 0 N–H and O–H groups in total. The van der Waals surface area contributed by atoms with Gasteiger partial charge in [0.15, 0.2) is 4.80 Å². The molecule has 7 heteroatoms. The molecule has 176 valence electrons. The van der Waals surface area contributed by atoms with E-state index in [0.29, 0.717) is 4.80 Å². The summed E-state index contributed by atoms with van der Waals surface area (Å²) in [6.07, 6.45) is 0. The molecule has 0 unspecified atom stereocenters. The normalized spacial score (nSPS) is 11.4. The van der Waals surface area contributed by atoms with E-state index in [2.05, 4.69) is 41.4 Å². The van der Waals surface area contributed by atoms with Crippen molar-refractivity contribution in [2.75, 3.05) is 0 Å². The number of nitrogens with zero attached hydrogens (tertiary/aromatic N) is 3. The Labute approximate surface area is 211 Å². The second-order valence-corrected chi connectivity index (χ2v) is 9.10. The molecule has 5 rings (SSSR count). The summed E-state index contributed by atoms with van der Waals surface area (Å²) in [5.74, 6) is -0.648. The molecule has 0 radical (unpaired) electrons. The lowest BCUT2D eigenvalue weighted by Crippen LogP contribution is -2.15. The molecular weight excluding hydrogens is 470 g/mol. The van der Waals surface area contributed by atoms with E-state index in [4.69, 9.17) is 0 Å². The van der Waals surface area contributed by atoms with Gasteiger partial charge in [0.05, 0.1) is 15.5 Å². The first-order valence-electron chi connectivity index (χ1n) is 11.3. The number of hydrogen-bond donors (Lipinski definition) is 0. The van der Waals surface area contributed by atoms with Gasteiger partial charge in [-0.15, -0.1) is 0 Å². The Morgan fingerprint density at radius 2 is 1.28 bits per heavy atom. The minimum Gasteiger partial charge on any atom is -0.319 e. The van der Waals surface area contributed by atoms with Crippen molar-refractivity contribution in [1.29, 1.82) is 0 Å². The smallest absolute Gasteiger partial charge is 0.286 e. The first-order valence-corrected chi connectivity index (χ1v) is 12.1. The lowest BCUT2D eigenvalue weighted by molar-refractivity contribution is -0.385. The molecule has 0 fully saturated rings. The average molecular weight is 492 g/mol. The van der Waals surface area contributed by atoms with Gasteiger partial charge in [-0.05, 0) is 28.3 Å². The number of thiazole rings is 1. The molecule has 0 aliphatic heterocycles. The maximum atomic E-state index is 13.0. The molecule has 1 amide bonds. The van der Waals surface area contributed by atoms with E-state index in [-0.39, 0.29) is 11.3 Å². The Hall–Kier alpha value is -4.62. The van der Waals surface area contributed by atoms with Crippen molar-refractivity contribution in [2.45, 2.75) is 0 Å². The Kier molecular flexibility index (Phi) is 6.38. The average Bonchev–Trinajstić information content (AvgIpc) is 3.25. The summed E-state index contributed by atoms with van der Waals surface area (Å²) in [4.78, 5) is 29.6. The van der Waals surface area contributed by atoms with E-state index >= 15 is 0 Å². The van der Waals surface area contributed by atoms with Crippen LogP contribution in [0.25, 0.3) is 32.8 Å². The van der Waals surface area contributed by atoms with Gasteiger partial charge in [0.1, 0.15) is 5.56 Å². The molecule has 0 saturated heterocycles. The highest BCUT2D eigenvalue weighted by Crippen LogP contribution is 2.35. The second kappa shape index (κ2) is 9.93. The van der Waals surface area contributed by atoms with Gasteiger partial charge >= 0.3 is 0 Å². The molecule has 0 saturated carbocycles. The number of hydrogen-bond acceptors (Lipinski definition) is 4. The van der Waals surface area contributed by atoms with Gasteiger partial charge in [0.2, 0.25) is 0 Å². The van der Waals surface area contributed by atoms with Crippen molar-refractivity contribution in [1.82, 2.24) is 4.57 Å².